The van der Waals surface area contributed by atoms with Crippen LogP contribution in [0.25, 0.3) is 38.5 Å². The average molecular weight is 444 g/mol. The lowest BCUT2D eigenvalue weighted by Crippen LogP contribution is -2.37. The van der Waals surface area contributed by atoms with Gasteiger partial charge in [-0.1, -0.05) is 29.4 Å². The maximum absolute atomic E-state index is 12.8. The number of imidazole rings is 1. The van der Waals surface area contributed by atoms with Gasteiger partial charge in [-0.15, -0.1) is 0 Å². The predicted octanol–water partition coefficient (Wildman–Crippen LogP) is 5.99. The fourth-order valence-corrected chi connectivity index (χ4v) is 3.61. The van der Waals surface area contributed by atoms with Crippen LogP contribution in [-0.4, -0.2) is 39.2 Å². The molecule has 0 aliphatic rings. The van der Waals surface area contributed by atoms with E-state index >= 15 is 0 Å². The van der Waals surface area contributed by atoms with Gasteiger partial charge in [-0.3, -0.25) is 9.30 Å². The minimum absolute atomic E-state index is 0.302. The van der Waals surface area contributed by atoms with Crippen LogP contribution >= 0.6 is 0 Å². The predicted molar refractivity (Wildman–Crippen MR) is 128 cm³/mol. The number of para-hydroxylation sites is 2. The number of hydrogen-bond donors (Lipinski definition) is 0. The maximum atomic E-state index is 12.8. The number of carbonyl (C=O) groups is 1. The van der Waals surface area contributed by atoms with Gasteiger partial charge in [-0.05, 0) is 68.6 Å². The molecular weight excluding hydrogens is 418 g/mol. The van der Waals surface area contributed by atoms with Gasteiger partial charge in [0, 0.05) is 29.9 Å². The lowest BCUT2D eigenvalue weighted by atomic mass is 10.1. The van der Waals surface area contributed by atoms with Crippen LogP contribution in [0.4, 0.5) is 10.5 Å². The topological polar surface area (TPSA) is 108 Å². The molecule has 0 saturated carbocycles. The monoisotopic (exact) mass is 443 g/mol. The molecule has 0 aliphatic carbocycles. The van der Waals surface area contributed by atoms with E-state index in [1.165, 1.54) is 0 Å². The average Bonchev–Trinajstić information content (AvgIpc) is 3.17. The van der Waals surface area contributed by atoms with Crippen molar-refractivity contribution < 1.29 is 9.53 Å². The molecule has 4 rings (SSSR count). The third-order valence-electron chi connectivity index (χ3n) is 5.00. The largest absolute Gasteiger partial charge is 0.443 e. The van der Waals surface area contributed by atoms with Crippen molar-refractivity contribution in [3.8, 4) is 11.3 Å². The van der Waals surface area contributed by atoms with Gasteiger partial charge in [0.25, 0.3) is 0 Å². The Labute approximate surface area is 191 Å². The molecule has 0 N–H and O–H groups in total. The van der Waals surface area contributed by atoms with Crippen molar-refractivity contribution in [1.29, 1.82) is 0 Å². The smallest absolute Gasteiger partial charge is 0.414 e. The highest BCUT2D eigenvalue weighted by atomic mass is 16.6. The number of carbonyl (C=O) groups excluding carboxylic acids is 1. The van der Waals surface area contributed by atoms with E-state index in [4.69, 9.17) is 10.3 Å². The zero-order chi connectivity index (χ0) is 23.4. The molecule has 4 aromatic rings. The molecule has 9 nitrogen and oxygen atoms in total. The van der Waals surface area contributed by atoms with Crippen LogP contribution in [-0.2, 0) is 4.74 Å². The van der Waals surface area contributed by atoms with Crippen molar-refractivity contribution in [1.82, 2.24) is 14.4 Å². The molecule has 2 aromatic heterocycles. The van der Waals surface area contributed by atoms with Crippen molar-refractivity contribution in [2.75, 3.05) is 18.0 Å². The summed E-state index contributed by atoms with van der Waals surface area (Å²) in [5.41, 5.74) is 12.4. The standard InChI is InChI=1S/C24H25N7O2/c1-24(2,3)33-23(32)30(16-6-14-27-29-25)18-11-9-17(10-12-18)20-13-15-26-22-28-19-7-4-5-8-21(19)31(20)22/h4-5,7-13,15H,6,14,16H2,1-3H3. The quantitative estimate of drug-likeness (QED) is 0.158. The summed E-state index contributed by atoms with van der Waals surface area (Å²) in [6.45, 7) is 6.17. The van der Waals surface area contributed by atoms with Crippen LogP contribution in [0.5, 0.6) is 0 Å². The lowest BCUT2D eigenvalue weighted by molar-refractivity contribution is 0.0580. The normalized spacial score (nSPS) is 11.4. The van der Waals surface area contributed by atoms with Gasteiger partial charge in [0.05, 0.1) is 16.7 Å². The van der Waals surface area contributed by atoms with E-state index < -0.39 is 11.7 Å². The van der Waals surface area contributed by atoms with E-state index in [1.807, 2.05) is 79.8 Å². The van der Waals surface area contributed by atoms with Crippen molar-refractivity contribution in [3.63, 3.8) is 0 Å². The number of benzene rings is 2. The Bertz CT molecular complexity index is 1330. The first-order chi connectivity index (χ1) is 15.9. The van der Waals surface area contributed by atoms with Gasteiger partial charge in [0.1, 0.15) is 5.60 Å². The number of anilines is 1. The summed E-state index contributed by atoms with van der Waals surface area (Å²) in [6, 6.07) is 17.6. The second kappa shape index (κ2) is 9.18. The molecule has 0 bridgehead atoms. The Morgan fingerprint density at radius 1 is 1.15 bits per heavy atom. The SMILES string of the molecule is CC(C)(C)OC(=O)N(CCCN=[N+]=[N-])c1ccc(-c2ccnc3nc4ccccc4n23)cc1. The Morgan fingerprint density at radius 3 is 2.64 bits per heavy atom. The minimum Gasteiger partial charge on any atom is -0.443 e. The molecule has 33 heavy (non-hydrogen) atoms. The molecule has 0 aliphatic heterocycles. The third kappa shape index (κ3) is 4.88. The van der Waals surface area contributed by atoms with Gasteiger partial charge < -0.3 is 4.74 Å². The van der Waals surface area contributed by atoms with Gasteiger partial charge >= 0.3 is 6.09 Å². The van der Waals surface area contributed by atoms with Crippen LogP contribution in [0.3, 0.4) is 0 Å². The zero-order valence-corrected chi connectivity index (χ0v) is 18.8. The van der Waals surface area contributed by atoms with E-state index in [2.05, 4.69) is 20.0 Å². The van der Waals surface area contributed by atoms with E-state index in [1.54, 1.807) is 11.1 Å². The van der Waals surface area contributed by atoms with Gasteiger partial charge in [-0.2, -0.15) is 0 Å². The molecule has 0 saturated heterocycles. The number of rotatable bonds is 6. The summed E-state index contributed by atoms with van der Waals surface area (Å²) >= 11 is 0. The summed E-state index contributed by atoms with van der Waals surface area (Å²) in [5.74, 6) is 0.631. The second-order valence-corrected chi connectivity index (χ2v) is 8.55. The second-order valence-electron chi connectivity index (χ2n) is 8.55. The van der Waals surface area contributed by atoms with Crippen molar-refractivity contribution in [2.45, 2.75) is 32.8 Å². The number of azide groups is 1. The Morgan fingerprint density at radius 2 is 1.91 bits per heavy atom. The summed E-state index contributed by atoms with van der Waals surface area (Å²) < 4.78 is 7.61. The fraction of sp³-hybridized carbons (Fsp3) is 0.292. The summed E-state index contributed by atoms with van der Waals surface area (Å²) in [7, 11) is 0. The van der Waals surface area contributed by atoms with Crippen molar-refractivity contribution in [3.05, 3.63) is 71.2 Å². The number of fused-ring (bicyclic) bond motifs is 3. The third-order valence-corrected chi connectivity index (χ3v) is 5.00. The molecule has 2 heterocycles. The molecule has 1 amide bonds. The van der Waals surface area contributed by atoms with E-state index in [0.717, 1.165) is 22.3 Å². The van der Waals surface area contributed by atoms with Gasteiger partial charge in [0.15, 0.2) is 0 Å². The summed E-state index contributed by atoms with van der Waals surface area (Å²) in [4.78, 5) is 26.2. The molecule has 0 radical (unpaired) electrons. The fourth-order valence-electron chi connectivity index (χ4n) is 3.61. The molecule has 168 valence electrons. The number of ether oxygens (including phenoxy) is 1. The summed E-state index contributed by atoms with van der Waals surface area (Å²) in [5, 5.41) is 3.56. The van der Waals surface area contributed by atoms with Crippen molar-refractivity contribution >= 4 is 28.6 Å². The Kier molecular flexibility index (Phi) is 6.15. The van der Waals surface area contributed by atoms with Crippen LogP contribution in [0.15, 0.2) is 65.9 Å². The van der Waals surface area contributed by atoms with E-state index in [9.17, 15) is 4.79 Å². The molecule has 9 heteroatoms. The summed E-state index contributed by atoms with van der Waals surface area (Å²) in [6.07, 6.45) is 1.83. The molecule has 0 spiro atoms. The van der Waals surface area contributed by atoms with Crippen molar-refractivity contribution in [2.24, 2.45) is 5.11 Å². The van der Waals surface area contributed by atoms with Crippen LogP contribution < -0.4 is 4.90 Å². The Balaban J connectivity index is 1.68. The number of aromatic nitrogens is 3. The number of hydrogen-bond acceptors (Lipinski definition) is 5. The number of amides is 1. The first-order valence-corrected chi connectivity index (χ1v) is 10.7. The maximum Gasteiger partial charge on any atom is 0.414 e. The highest BCUT2D eigenvalue weighted by molar-refractivity contribution is 5.88. The minimum atomic E-state index is -0.620. The lowest BCUT2D eigenvalue weighted by Gasteiger charge is -2.27. The van der Waals surface area contributed by atoms with E-state index in [-0.39, 0.29) is 0 Å². The first kappa shape index (κ1) is 22.1. The first-order valence-electron chi connectivity index (χ1n) is 10.7. The molecule has 0 fully saturated rings. The van der Waals surface area contributed by atoms with Crippen LogP contribution in [0, 0.1) is 0 Å². The number of nitrogens with zero attached hydrogens (tertiary/aromatic N) is 7. The highest BCUT2D eigenvalue weighted by Crippen LogP contribution is 2.27. The molecule has 0 unspecified atom stereocenters. The molecule has 0 atom stereocenters. The van der Waals surface area contributed by atoms with Crippen LogP contribution in [0.1, 0.15) is 27.2 Å². The van der Waals surface area contributed by atoms with Gasteiger partial charge in [0.2, 0.25) is 5.78 Å². The Hall–Kier alpha value is -4.10. The zero-order valence-electron chi connectivity index (χ0n) is 18.8. The molecule has 2 aromatic carbocycles. The van der Waals surface area contributed by atoms with Crippen LogP contribution in [0.2, 0.25) is 0 Å². The highest BCUT2D eigenvalue weighted by Gasteiger charge is 2.23. The van der Waals surface area contributed by atoms with Gasteiger partial charge in [-0.25, -0.2) is 14.8 Å². The molecular formula is C24H25N7O2. The van der Waals surface area contributed by atoms with E-state index in [0.29, 0.717) is 31.0 Å².